The minimum atomic E-state index is -3.93. The molecule has 3 rings (SSSR count). The summed E-state index contributed by atoms with van der Waals surface area (Å²) in [5, 5.41) is 9.43. The van der Waals surface area contributed by atoms with Crippen LogP contribution in [-0.4, -0.2) is 22.7 Å². The monoisotopic (exact) mass is 485 g/mol. The highest BCUT2D eigenvalue weighted by atomic mass is 35.5. The smallest absolute Gasteiger partial charge is 0.262 e. The van der Waals surface area contributed by atoms with Crippen molar-refractivity contribution in [3.63, 3.8) is 0 Å². The van der Waals surface area contributed by atoms with Crippen molar-refractivity contribution in [2.24, 2.45) is 5.14 Å². The number of nitrogens with two attached hydrogens (primary N) is 1. The highest BCUT2D eigenvalue weighted by Gasteiger charge is 2.19. The Bertz CT molecular complexity index is 1320. The van der Waals surface area contributed by atoms with Gasteiger partial charge in [0.05, 0.1) is 10.5 Å². The topological polar surface area (TPSA) is 135 Å². The van der Waals surface area contributed by atoms with Gasteiger partial charge in [0.15, 0.2) is 0 Å². The van der Waals surface area contributed by atoms with Gasteiger partial charge in [-0.3, -0.25) is 9.52 Å². The number of aryl methyl sites for hydroxylation is 1. The summed E-state index contributed by atoms with van der Waals surface area (Å²) in [5.41, 5.74) is 1.13. The van der Waals surface area contributed by atoms with E-state index < -0.39 is 26.0 Å². The average molecular weight is 486 g/mol. The molecule has 0 fully saturated rings. The molecule has 2 aromatic carbocycles. The quantitative estimate of drug-likeness (QED) is 0.491. The lowest BCUT2D eigenvalue weighted by Gasteiger charge is -2.12. The maximum atomic E-state index is 12.8. The predicted molar refractivity (Wildman–Crippen MR) is 117 cm³/mol. The van der Waals surface area contributed by atoms with Crippen molar-refractivity contribution in [1.82, 2.24) is 0 Å². The third kappa shape index (κ3) is 5.18. The second-order valence-electron chi connectivity index (χ2n) is 6.25. The molecule has 8 nitrogen and oxygen atoms in total. The first-order valence-corrected chi connectivity index (χ1v) is 12.6. The van der Waals surface area contributed by atoms with Crippen LogP contribution in [0.3, 0.4) is 0 Å². The molecule has 1 aromatic heterocycles. The number of hydrogen-bond acceptors (Lipinski definition) is 6. The summed E-state index contributed by atoms with van der Waals surface area (Å²) in [6, 6.07) is 11.7. The second-order valence-corrected chi connectivity index (χ2v) is 11.0. The Kier molecular flexibility index (Phi) is 6.20. The minimum absolute atomic E-state index is 0.0224. The molecule has 0 aliphatic carbocycles. The zero-order valence-electron chi connectivity index (χ0n) is 15.4. The number of rotatable bonds is 6. The second kappa shape index (κ2) is 8.36. The van der Waals surface area contributed by atoms with Crippen molar-refractivity contribution in [3.05, 3.63) is 70.1 Å². The summed E-state index contributed by atoms with van der Waals surface area (Å²) in [4.78, 5) is 12.4. The van der Waals surface area contributed by atoms with Crippen molar-refractivity contribution in [3.8, 4) is 0 Å². The number of primary sulfonamides is 1. The van der Waals surface area contributed by atoms with Crippen LogP contribution >= 0.6 is 22.9 Å². The van der Waals surface area contributed by atoms with Crippen LogP contribution in [0.5, 0.6) is 0 Å². The fourth-order valence-corrected chi connectivity index (χ4v) is 5.53. The number of carbonyl (C=O) groups excluding carboxylic acids is 1. The summed E-state index contributed by atoms with van der Waals surface area (Å²) < 4.78 is 50.6. The van der Waals surface area contributed by atoms with Crippen molar-refractivity contribution < 1.29 is 21.6 Å². The van der Waals surface area contributed by atoms with Gasteiger partial charge in [-0.15, -0.1) is 11.3 Å². The summed E-state index contributed by atoms with van der Waals surface area (Å²) in [5.74, 6) is -0.598. The van der Waals surface area contributed by atoms with E-state index in [2.05, 4.69) is 10.0 Å². The number of hydrogen-bond donors (Lipinski definition) is 3. The summed E-state index contributed by atoms with van der Waals surface area (Å²) >= 11 is 6.63. The van der Waals surface area contributed by atoms with Gasteiger partial charge in [-0.05, 0) is 55.0 Å². The lowest BCUT2D eigenvalue weighted by molar-refractivity contribution is 0.102. The van der Waals surface area contributed by atoms with Crippen molar-refractivity contribution in [2.75, 3.05) is 10.0 Å². The largest absolute Gasteiger partial charge is 0.322 e. The van der Waals surface area contributed by atoms with E-state index in [-0.39, 0.29) is 20.4 Å². The van der Waals surface area contributed by atoms with Gasteiger partial charge in [-0.1, -0.05) is 17.7 Å². The van der Waals surface area contributed by atoms with E-state index in [1.165, 1.54) is 23.6 Å². The molecule has 0 unspecified atom stereocenters. The molecule has 12 heteroatoms. The highest BCUT2D eigenvalue weighted by molar-refractivity contribution is 7.92. The van der Waals surface area contributed by atoms with E-state index in [9.17, 15) is 21.6 Å². The van der Waals surface area contributed by atoms with Gasteiger partial charge < -0.3 is 5.32 Å². The van der Waals surface area contributed by atoms with E-state index in [4.69, 9.17) is 16.7 Å². The lowest BCUT2D eigenvalue weighted by Crippen LogP contribution is -2.16. The molecule has 0 atom stereocenters. The zero-order chi connectivity index (χ0) is 22.1. The molecule has 0 bridgehead atoms. The third-order valence-corrected chi connectivity index (χ3v) is 8.11. The van der Waals surface area contributed by atoms with Crippen LogP contribution in [0, 0.1) is 6.92 Å². The fourth-order valence-electron chi connectivity index (χ4n) is 2.48. The first-order chi connectivity index (χ1) is 14.0. The molecule has 1 amide bonds. The predicted octanol–water partition coefficient (Wildman–Crippen LogP) is 3.41. The average Bonchev–Trinajstić information content (AvgIpc) is 3.16. The van der Waals surface area contributed by atoms with Crippen LogP contribution in [0.1, 0.15) is 15.9 Å². The van der Waals surface area contributed by atoms with Crippen molar-refractivity contribution in [1.29, 1.82) is 0 Å². The Morgan fingerprint density at radius 1 is 1.00 bits per heavy atom. The Morgan fingerprint density at radius 2 is 1.63 bits per heavy atom. The van der Waals surface area contributed by atoms with E-state index >= 15 is 0 Å². The van der Waals surface area contributed by atoms with Crippen LogP contribution in [0.15, 0.2) is 63.0 Å². The van der Waals surface area contributed by atoms with Crippen LogP contribution in [0.25, 0.3) is 0 Å². The molecule has 3 aromatic rings. The van der Waals surface area contributed by atoms with Crippen LogP contribution in [0.4, 0.5) is 11.4 Å². The number of amides is 1. The Morgan fingerprint density at radius 3 is 2.23 bits per heavy atom. The number of sulfonamides is 2. The van der Waals surface area contributed by atoms with Crippen LogP contribution < -0.4 is 15.2 Å². The molecule has 0 aliphatic heterocycles. The summed E-state index contributed by atoms with van der Waals surface area (Å²) in [6.07, 6.45) is 0. The van der Waals surface area contributed by atoms with Crippen LogP contribution in [0.2, 0.25) is 5.02 Å². The zero-order valence-corrected chi connectivity index (χ0v) is 18.6. The van der Waals surface area contributed by atoms with Gasteiger partial charge >= 0.3 is 0 Å². The first kappa shape index (κ1) is 22.2. The number of benzene rings is 2. The van der Waals surface area contributed by atoms with E-state index in [0.29, 0.717) is 16.3 Å². The first-order valence-electron chi connectivity index (χ1n) is 8.27. The van der Waals surface area contributed by atoms with Gasteiger partial charge in [-0.2, -0.15) is 0 Å². The van der Waals surface area contributed by atoms with Gasteiger partial charge in [-0.25, -0.2) is 22.0 Å². The fraction of sp³-hybridized carbons (Fsp3) is 0.0556. The maximum absolute atomic E-state index is 12.8. The summed E-state index contributed by atoms with van der Waals surface area (Å²) in [6.45, 7) is 1.62. The van der Waals surface area contributed by atoms with Crippen LogP contribution in [-0.2, 0) is 20.0 Å². The molecule has 4 N–H and O–H groups in total. The molecule has 30 heavy (non-hydrogen) atoms. The molecule has 0 saturated carbocycles. The molecular formula is C18H16ClN3O5S3. The molecule has 0 radical (unpaired) electrons. The standard InChI is InChI=1S/C18H16ClN3O5S3/c1-11-2-5-15(21-18(23)12-8-17(28-10-12)29(20,24)25)9-16(11)30(26,27)22-14-6-3-13(19)4-7-14/h2-10,22H,1H3,(H,21,23)(H2,20,24,25). The molecule has 158 valence electrons. The number of halogens is 1. The van der Waals surface area contributed by atoms with E-state index in [1.54, 1.807) is 31.2 Å². The van der Waals surface area contributed by atoms with Crippen molar-refractivity contribution >= 4 is 60.3 Å². The van der Waals surface area contributed by atoms with Crippen molar-refractivity contribution in [2.45, 2.75) is 16.0 Å². The van der Waals surface area contributed by atoms with Gasteiger partial charge in [0.1, 0.15) is 4.21 Å². The molecular weight excluding hydrogens is 470 g/mol. The molecule has 0 saturated heterocycles. The number of anilines is 2. The summed E-state index contributed by atoms with van der Waals surface area (Å²) in [7, 11) is -7.84. The maximum Gasteiger partial charge on any atom is 0.262 e. The molecule has 0 aliphatic rings. The normalized spacial score (nSPS) is 11.8. The molecule has 1 heterocycles. The Balaban J connectivity index is 1.85. The number of nitrogens with one attached hydrogen (secondary N) is 2. The van der Waals surface area contributed by atoms with E-state index in [0.717, 1.165) is 17.4 Å². The van der Waals surface area contributed by atoms with Gasteiger partial charge in [0.25, 0.3) is 15.9 Å². The molecule has 0 spiro atoms. The van der Waals surface area contributed by atoms with E-state index in [1.807, 2.05) is 0 Å². The van der Waals surface area contributed by atoms with Gasteiger partial charge in [0, 0.05) is 21.8 Å². The SMILES string of the molecule is Cc1ccc(NC(=O)c2csc(S(N)(=O)=O)c2)cc1S(=O)(=O)Nc1ccc(Cl)cc1. The number of thiophene rings is 1. The minimum Gasteiger partial charge on any atom is -0.322 e. The Hall–Kier alpha value is -2.44. The third-order valence-electron chi connectivity index (χ3n) is 3.95. The highest BCUT2D eigenvalue weighted by Crippen LogP contribution is 2.25. The van der Waals surface area contributed by atoms with Gasteiger partial charge in [0.2, 0.25) is 10.0 Å². The lowest BCUT2D eigenvalue weighted by atomic mass is 10.2. The Labute approximate surface area is 182 Å². The number of carbonyl (C=O) groups is 1.